The summed E-state index contributed by atoms with van der Waals surface area (Å²) in [6.45, 7) is 20.9. The van der Waals surface area contributed by atoms with Gasteiger partial charge in [0.05, 0.1) is 5.41 Å². The highest BCUT2D eigenvalue weighted by Gasteiger charge is 2.75. The molecule has 11 nitrogen and oxygen atoms in total. The number of carbonyl (C=O) groups excluding carboxylic acids is 4. The summed E-state index contributed by atoms with van der Waals surface area (Å²) in [4.78, 5) is 52.8. The predicted octanol–water partition coefficient (Wildman–Crippen LogP) is 7.16. The summed E-state index contributed by atoms with van der Waals surface area (Å²) in [6, 6.07) is 0. The van der Waals surface area contributed by atoms with E-state index in [0.29, 0.717) is 6.42 Å². The van der Waals surface area contributed by atoms with E-state index < -0.39 is 69.1 Å². The van der Waals surface area contributed by atoms with Crippen molar-refractivity contribution in [3.05, 3.63) is 0 Å². The third-order valence-corrected chi connectivity index (χ3v) is 7.68. The van der Waals surface area contributed by atoms with Crippen molar-refractivity contribution in [2.45, 2.75) is 167 Å². The molecule has 4 rings (SSSR count). The van der Waals surface area contributed by atoms with Gasteiger partial charge in [-0.25, -0.2) is 14.4 Å². The molecule has 240 valence electrons. The molecule has 0 heterocycles. The molecule has 11 heteroatoms. The smallest absolute Gasteiger partial charge is 0.458 e. The van der Waals surface area contributed by atoms with Gasteiger partial charge in [0.25, 0.3) is 0 Å². The van der Waals surface area contributed by atoms with E-state index in [1.165, 1.54) is 0 Å². The van der Waals surface area contributed by atoms with Crippen LogP contribution in [0.3, 0.4) is 0 Å². The Morgan fingerprint density at radius 3 is 0.929 bits per heavy atom. The van der Waals surface area contributed by atoms with Crippen LogP contribution in [-0.4, -0.2) is 63.6 Å². The second kappa shape index (κ2) is 10.5. The van der Waals surface area contributed by atoms with E-state index >= 15 is 0 Å². The van der Waals surface area contributed by atoms with E-state index in [-0.39, 0.29) is 38.5 Å². The van der Waals surface area contributed by atoms with E-state index in [4.69, 9.17) is 33.2 Å². The van der Waals surface area contributed by atoms with Gasteiger partial charge < -0.3 is 33.2 Å². The Morgan fingerprint density at radius 1 is 0.476 bits per heavy atom. The van der Waals surface area contributed by atoms with Gasteiger partial charge in [-0.05, 0) is 82.6 Å². The summed E-state index contributed by atoms with van der Waals surface area (Å²) in [5.41, 5.74) is -8.68. The average Bonchev–Trinajstić information content (AvgIpc) is 2.66. The molecular weight excluding hydrogens is 548 g/mol. The maximum atomic E-state index is 13.5. The lowest BCUT2D eigenvalue weighted by Crippen LogP contribution is -2.75. The molecule has 4 bridgehead atoms. The second-order valence-corrected chi connectivity index (χ2v) is 16.1. The highest BCUT2D eigenvalue weighted by Crippen LogP contribution is 2.66. The van der Waals surface area contributed by atoms with Gasteiger partial charge in [-0.2, -0.15) is 0 Å². The summed E-state index contributed by atoms with van der Waals surface area (Å²) in [6.07, 6.45) is -1.70. The molecule has 4 saturated carbocycles. The van der Waals surface area contributed by atoms with Crippen LogP contribution in [0.15, 0.2) is 0 Å². The molecule has 4 fully saturated rings. The summed E-state index contributed by atoms with van der Waals surface area (Å²) >= 11 is 0. The van der Waals surface area contributed by atoms with Gasteiger partial charge in [-0.1, -0.05) is 6.92 Å². The third-order valence-electron chi connectivity index (χ3n) is 7.68. The van der Waals surface area contributed by atoms with Crippen molar-refractivity contribution in [1.82, 2.24) is 0 Å². The number of esters is 1. The quantitative estimate of drug-likeness (QED) is 0.228. The molecule has 0 amide bonds. The number of rotatable bonds is 6. The largest absolute Gasteiger partial charge is 0.509 e. The summed E-state index contributed by atoms with van der Waals surface area (Å²) in [5, 5.41) is 0. The minimum absolute atomic E-state index is 0.0778. The second-order valence-electron chi connectivity index (χ2n) is 16.1. The van der Waals surface area contributed by atoms with Gasteiger partial charge in [0.2, 0.25) is 0 Å². The molecule has 0 saturated heterocycles. The number of ether oxygens (including phenoxy) is 7. The van der Waals surface area contributed by atoms with Crippen molar-refractivity contribution in [2.75, 3.05) is 0 Å². The van der Waals surface area contributed by atoms with Crippen LogP contribution in [0.2, 0.25) is 0 Å². The fourth-order valence-corrected chi connectivity index (χ4v) is 6.53. The Kier molecular flexibility index (Phi) is 8.42. The third kappa shape index (κ3) is 8.22. The first-order valence-electron chi connectivity index (χ1n) is 14.7. The van der Waals surface area contributed by atoms with E-state index in [9.17, 15) is 19.2 Å². The summed E-state index contributed by atoms with van der Waals surface area (Å²) in [7, 11) is 0. The van der Waals surface area contributed by atoms with Crippen LogP contribution in [0, 0.1) is 5.41 Å². The molecule has 0 unspecified atom stereocenters. The molecule has 0 radical (unpaired) electrons. The van der Waals surface area contributed by atoms with E-state index in [1.54, 1.807) is 76.2 Å². The maximum Gasteiger partial charge on any atom is 0.509 e. The molecule has 0 spiro atoms. The molecule has 4 aliphatic carbocycles. The topological polar surface area (TPSA) is 133 Å². The van der Waals surface area contributed by atoms with Crippen molar-refractivity contribution in [1.29, 1.82) is 0 Å². The van der Waals surface area contributed by atoms with Gasteiger partial charge in [-0.15, -0.1) is 0 Å². The Labute approximate surface area is 249 Å². The molecule has 0 aromatic rings. The fraction of sp³-hybridized carbons (Fsp3) is 0.871. The SMILES string of the molecule is CCC(C)(C)C(=O)OC12CC3(OC(=O)OC(C)(C)C)CC(OC(=O)OC(C)(C)C)(CC(OC(=O)OC(C)(C)C)(C3)C1)C2. The van der Waals surface area contributed by atoms with Gasteiger partial charge in [0.1, 0.15) is 39.2 Å². The van der Waals surface area contributed by atoms with E-state index in [1.807, 2.05) is 6.92 Å². The number of carbonyl (C=O) groups is 4. The molecule has 0 aromatic carbocycles. The molecule has 4 aliphatic rings. The van der Waals surface area contributed by atoms with Crippen molar-refractivity contribution in [3.8, 4) is 0 Å². The average molecular weight is 599 g/mol. The lowest BCUT2D eigenvalue weighted by Gasteiger charge is -2.66. The standard InChI is InChI=1S/C31H50O11/c1-13-27(11,12)20(32)36-28-14-29(40-21(33)37-24(2,3)4)17-30(15-28,41-22(34)38-25(5,6)7)19-31(16-28,18-29)42-23(35)39-26(8,9)10/h13-19H2,1-12H3. The van der Waals surface area contributed by atoms with Gasteiger partial charge >= 0.3 is 24.4 Å². The van der Waals surface area contributed by atoms with Gasteiger partial charge in [0.15, 0.2) is 0 Å². The zero-order valence-electron chi connectivity index (χ0n) is 27.4. The van der Waals surface area contributed by atoms with Crippen LogP contribution in [-0.2, 0) is 38.0 Å². The van der Waals surface area contributed by atoms with Crippen LogP contribution in [0.4, 0.5) is 14.4 Å². The molecular formula is C31H50O11. The molecule has 0 atom stereocenters. The van der Waals surface area contributed by atoms with Crippen molar-refractivity contribution >= 4 is 24.4 Å². The number of hydrogen-bond acceptors (Lipinski definition) is 11. The number of hydrogen-bond donors (Lipinski definition) is 0. The lowest BCUT2D eigenvalue weighted by molar-refractivity contribution is -0.307. The van der Waals surface area contributed by atoms with Crippen LogP contribution < -0.4 is 0 Å². The Hall–Kier alpha value is -2.72. The first-order valence-corrected chi connectivity index (χ1v) is 14.7. The zero-order valence-corrected chi connectivity index (χ0v) is 27.4. The normalized spacial score (nSPS) is 30.7. The Morgan fingerprint density at radius 2 is 0.714 bits per heavy atom. The molecule has 0 N–H and O–H groups in total. The Balaban J connectivity index is 2.12. The van der Waals surface area contributed by atoms with Gasteiger partial charge in [0, 0.05) is 38.5 Å². The van der Waals surface area contributed by atoms with Crippen molar-refractivity contribution in [2.24, 2.45) is 5.41 Å². The van der Waals surface area contributed by atoms with Crippen molar-refractivity contribution in [3.63, 3.8) is 0 Å². The zero-order chi connectivity index (χ0) is 32.2. The van der Waals surface area contributed by atoms with E-state index in [2.05, 4.69) is 0 Å². The predicted molar refractivity (Wildman–Crippen MR) is 151 cm³/mol. The van der Waals surface area contributed by atoms with Crippen molar-refractivity contribution < 1.29 is 52.3 Å². The van der Waals surface area contributed by atoms with E-state index in [0.717, 1.165) is 0 Å². The molecule has 0 aromatic heterocycles. The monoisotopic (exact) mass is 598 g/mol. The first kappa shape index (κ1) is 33.8. The highest BCUT2D eigenvalue weighted by molar-refractivity contribution is 5.76. The van der Waals surface area contributed by atoms with Crippen LogP contribution in [0.25, 0.3) is 0 Å². The lowest BCUT2D eigenvalue weighted by atomic mass is 9.48. The minimum atomic E-state index is -1.35. The fourth-order valence-electron chi connectivity index (χ4n) is 6.53. The maximum absolute atomic E-state index is 13.5. The Bertz CT molecular complexity index is 966. The summed E-state index contributed by atoms with van der Waals surface area (Å²) < 4.78 is 40.9. The first-order chi connectivity index (χ1) is 18.7. The highest BCUT2D eigenvalue weighted by atomic mass is 16.8. The summed E-state index contributed by atoms with van der Waals surface area (Å²) in [5.74, 6) is -0.459. The molecule has 42 heavy (non-hydrogen) atoms. The van der Waals surface area contributed by atoms with Crippen LogP contribution >= 0.6 is 0 Å². The van der Waals surface area contributed by atoms with Crippen LogP contribution in [0.5, 0.6) is 0 Å². The van der Waals surface area contributed by atoms with Crippen LogP contribution in [0.1, 0.15) is 128 Å². The minimum Gasteiger partial charge on any atom is -0.458 e. The molecule has 0 aliphatic heterocycles. The van der Waals surface area contributed by atoms with Gasteiger partial charge in [-0.3, -0.25) is 4.79 Å².